The third-order valence-electron chi connectivity index (χ3n) is 3.42. The molecule has 0 bridgehead atoms. The molecule has 1 N–H and O–H groups in total. The molecule has 0 amide bonds. The molecule has 1 aliphatic rings. The van der Waals surface area contributed by atoms with Crippen LogP contribution >= 0.6 is 0 Å². The van der Waals surface area contributed by atoms with Crippen molar-refractivity contribution in [2.75, 3.05) is 20.6 Å². The summed E-state index contributed by atoms with van der Waals surface area (Å²) in [4.78, 5) is 13.6. The molecular formula is C14H20ClNO. The number of halogens is 1. The molecular weight excluding hydrogens is 234 g/mol. The van der Waals surface area contributed by atoms with Crippen molar-refractivity contribution in [1.29, 1.82) is 0 Å². The van der Waals surface area contributed by atoms with Crippen LogP contribution in [0.1, 0.15) is 35.2 Å². The van der Waals surface area contributed by atoms with Gasteiger partial charge in [-0.05, 0) is 17.9 Å². The summed E-state index contributed by atoms with van der Waals surface area (Å²) >= 11 is 0. The zero-order chi connectivity index (χ0) is 11.7. The number of rotatable bonds is 2. The first-order chi connectivity index (χ1) is 7.59. The molecule has 0 saturated carbocycles. The normalized spacial score (nSPS) is 23.2. The summed E-state index contributed by atoms with van der Waals surface area (Å²) in [5, 5.41) is 0. The number of carbonyl (C=O) groups is 1. The smallest absolute Gasteiger partial charge is 0.171 e. The van der Waals surface area contributed by atoms with Crippen molar-refractivity contribution in [3.05, 3.63) is 35.4 Å². The predicted octanol–water partition coefficient (Wildman–Crippen LogP) is -1.86. The number of carbonyl (C=O) groups excluding carboxylic acids is 1. The average Bonchev–Trinajstić information content (AvgIpc) is 2.25. The van der Waals surface area contributed by atoms with Crippen molar-refractivity contribution in [2.45, 2.75) is 19.3 Å². The van der Waals surface area contributed by atoms with Crippen LogP contribution in [0.3, 0.4) is 0 Å². The van der Waals surface area contributed by atoms with Crippen LogP contribution in [0.5, 0.6) is 0 Å². The van der Waals surface area contributed by atoms with Crippen molar-refractivity contribution < 1.29 is 22.1 Å². The molecule has 3 heteroatoms. The molecule has 0 heterocycles. The van der Waals surface area contributed by atoms with Crippen molar-refractivity contribution in [3.8, 4) is 0 Å². The Bertz CT molecular complexity index is 403. The molecule has 2 atom stereocenters. The molecule has 2 nitrogen and oxygen atoms in total. The van der Waals surface area contributed by atoms with Gasteiger partial charge in [0.25, 0.3) is 0 Å². The Hall–Kier alpha value is -0.860. The number of benzene rings is 1. The van der Waals surface area contributed by atoms with Crippen LogP contribution in [-0.2, 0) is 0 Å². The molecule has 94 valence electrons. The minimum atomic E-state index is 0. The lowest BCUT2D eigenvalue weighted by Gasteiger charge is -2.28. The van der Waals surface area contributed by atoms with E-state index in [0.29, 0.717) is 11.7 Å². The molecule has 0 radical (unpaired) electrons. The van der Waals surface area contributed by atoms with Crippen LogP contribution in [0.25, 0.3) is 0 Å². The van der Waals surface area contributed by atoms with Crippen molar-refractivity contribution >= 4 is 5.78 Å². The van der Waals surface area contributed by atoms with E-state index in [9.17, 15) is 4.79 Å². The molecule has 2 unspecified atom stereocenters. The Kier molecular flexibility index (Phi) is 4.72. The molecule has 0 spiro atoms. The lowest BCUT2D eigenvalue weighted by Crippen LogP contribution is -3.06. The van der Waals surface area contributed by atoms with Crippen molar-refractivity contribution in [3.63, 3.8) is 0 Å². The van der Waals surface area contributed by atoms with Gasteiger partial charge < -0.3 is 17.3 Å². The van der Waals surface area contributed by atoms with Crippen LogP contribution < -0.4 is 17.3 Å². The summed E-state index contributed by atoms with van der Waals surface area (Å²) in [6, 6.07) is 8.07. The lowest BCUT2D eigenvalue weighted by atomic mass is 9.76. The standard InChI is InChI=1S/C14H19NO.ClH/c1-10-8-11(9-15(2)3)14(16)13-7-5-4-6-12(10)13;/h4-7,10-11H,8-9H2,1-3H3;1H. The van der Waals surface area contributed by atoms with Gasteiger partial charge in [0.2, 0.25) is 0 Å². The fraction of sp³-hybridized carbons (Fsp3) is 0.500. The van der Waals surface area contributed by atoms with Crippen LogP contribution in [0, 0.1) is 5.92 Å². The number of ketones is 1. The number of quaternary nitrogens is 1. The van der Waals surface area contributed by atoms with Gasteiger partial charge in [0, 0.05) is 5.56 Å². The zero-order valence-corrected chi connectivity index (χ0v) is 11.4. The van der Waals surface area contributed by atoms with E-state index in [0.717, 1.165) is 18.5 Å². The molecule has 2 rings (SSSR count). The first kappa shape index (κ1) is 14.2. The maximum absolute atomic E-state index is 12.3. The monoisotopic (exact) mass is 253 g/mol. The summed E-state index contributed by atoms with van der Waals surface area (Å²) in [5.41, 5.74) is 2.19. The first-order valence-electron chi connectivity index (χ1n) is 6.01. The number of hydrogen-bond donors (Lipinski definition) is 1. The molecule has 17 heavy (non-hydrogen) atoms. The second-order valence-corrected chi connectivity index (χ2v) is 5.20. The van der Waals surface area contributed by atoms with E-state index in [1.54, 1.807) is 0 Å². The van der Waals surface area contributed by atoms with E-state index in [1.807, 2.05) is 18.2 Å². The van der Waals surface area contributed by atoms with Gasteiger partial charge in [-0.15, -0.1) is 0 Å². The first-order valence-corrected chi connectivity index (χ1v) is 6.01. The highest BCUT2D eigenvalue weighted by Crippen LogP contribution is 2.33. The summed E-state index contributed by atoms with van der Waals surface area (Å²) in [6.45, 7) is 3.17. The van der Waals surface area contributed by atoms with Crippen molar-refractivity contribution in [2.24, 2.45) is 5.92 Å². The number of hydrogen-bond acceptors (Lipinski definition) is 1. The highest BCUT2D eigenvalue weighted by molar-refractivity contribution is 6.00. The summed E-state index contributed by atoms with van der Waals surface area (Å²) in [5.74, 6) is 1.06. The largest absolute Gasteiger partial charge is 1.00 e. The van der Waals surface area contributed by atoms with E-state index in [-0.39, 0.29) is 18.3 Å². The highest BCUT2D eigenvalue weighted by Gasteiger charge is 2.32. The maximum atomic E-state index is 12.3. The maximum Gasteiger partial charge on any atom is 0.171 e. The van der Waals surface area contributed by atoms with Crippen LogP contribution in [0.2, 0.25) is 0 Å². The minimum absolute atomic E-state index is 0. The van der Waals surface area contributed by atoms with Gasteiger partial charge in [-0.3, -0.25) is 4.79 Å². The number of nitrogens with one attached hydrogen (secondary N) is 1. The Morgan fingerprint density at radius 2 is 1.94 bits per heavy atom. The molecule has 1 aromatic rings. The number of Topliss-reactive ketones (excluding diaryl/α,β-unsaturated/α-hetero) is 1. The van der Waals surface area contributed by atoms with E-state index < -0.39 is 0 Å². The zero-order valence-electron chi connectivity index (χ0n) is 10.7. The van der Waals surface area contributed by atoms with Gasteiger partial charge in [-0.1, -0.05) is 31.2 Å². The third-order valence-corrected chi connectivity index (χ3v) is 3.42. The van der Waals surface area contributed by atoms with E-state index in [2.05, 4.69) is 27.1 Å². The Balaban J connectivity index is 0.00000144. The Labute approximate surface area is 109 Å². The molecule has 0 aliphatic heterocycles. The van der Waals surface area contributed by atoms with E-state index >= 15 is 0 Å². The Morgan fingerprint density at radius 3 is 2.59 bits per heavy atom. The minimum Gasteiger partial charge on any atom is -1.00 e. The lowest BCUT2D eigenvalue weighted by molar-refractivity contribution is -0.860. The summed E-state index contributed by atoms with van der Waals surface area (Å²) in [6.07, 6.45) is 1.00. The SMILES string of the molecule is CC1CC(C[NH+](C)C)C(=O)c2ccccc21.[Cl-]. The fourth-order valence-corrected chi connectivity index (χ4v) is 2.70. The van der Waals surface area contributed by atoms with Gasteiger partial charge in [0.05, 0.1) is 26.6 Å². The topological polar surface area (TPSA) is 21.5 Å². The van der Waals surface area contributed by atoms with E-state index in [4.69, 9.17) is 0 Å². The average molecular weight is 254 g/mol. The molecule has 1 aromatic carbocycles. The second-order valence-electron chi connectivity index (χ2n) is 5.20. The fourth-order valence-electron chi connectivity index (χ4n) is 2.70. The molecule has 0 aromatic heterocycles. The van der Waals surface area contributed by atoms with Gasteiger partial charge in [0.1, 0.15) is 0 Å². The number of fused-ring (bicyclic) bond motifs is 1. The quantitative estimate of drug-likeness (QED) is 0.656. The molecule has 1 aliphatic carbocycles. The van der Waals surface area contributed by atoms with Gasteiger partial charge in [-0.25, -0.2) is 0 Å². The van der Waals surface area contributed by atoms with Crippen LogP contribution in [0.4, 0.5) is 0 Å². The third kappa shape index (κ3) is 2.88. The van der Waals surface area contributed by atoms with Crippen LogP contribution in [0.15, 0.2) is 24.3 Å². The Morgan fingerprint density at radius 1 is 1.29 bits per heavy atom. The summed E-state index contributed by atoms with van der Waals surface area (Å²) in [7, 11) is 4.22. The van der Waals surface area contributed by atoms with Crippen LogP contribution in [-0.4, -0.2) is 26.4 Å². The van der Waals surface area contributed by atoms with Gasteiger partial charge >= 0.3 is 0 Å². The van der Waals surface area contributed by atoms with Crippen molar-refractivity contribution in [1.82, 2.24) is 0 Å². The predicted molar refractivity (Wildman–Crippen MR) is 65.0 cm³/mol. The summed E-state index contributed by atoms with van der Waals surface area (Å²) < 4.78 is 0. The van der Waals surface area contributed by atoms with E-state index in [1.165, 1.54) is 10.5 Å². The molecule has 0 saturated heterocycles. The second kappa shape index (κ2) is 5.65. The van der Waals surface area contributed by atoms with Gasteiger partial charge in [-0.2, -0.15) is 0 Å². The van der Waals surface area contributed by atoms with Gasteiger partial charge in [0.15, 0.2) is 5.78 Å². The highest BCUT2D eigenvalue weighted by atomic mass is 35.5. The molecule has 0 fully saturated rings.